The molecule has 154 valence electrons. The van der Waals surface area contributed by atoms with Crippen molar-refractivity contribution in [3.8, 4) is 0 Å². The number of aryl methyl sites for hydroxylation is 1. The number of ether oxygens (including phenoxy) is 1. The average molecular weight is 395 g/mol. The molecule has 2 fully saturated rings. The van der Waals surface area contributed by atoms with Crippen LogP contribution in [0.15, 0.2) is 48.5 Å². The Balaban J connectivity index is 1.52. The molecular weight excluding hydrogens is 362 g/mol. The lowest BCUT2D eigenvalue weighted by Gasteiger charge is -2.39. The number of piperazine rings is 1. The largest absolute Gasteiger partial charge is 0.378 e. The van der Waals surface area contributed by atoms with Crippen molar-refractivity contribution in [2.75, 3.05) is 57.4 Å². The van der Waals surface area contributed by atoms with Gasteiger partial charge in [-0.25, -0.2) is 0 Å². The van der Waals surface area contributed by atoms with Crippen LogP contribution in [0.4, 0.5) is 5.69 Å². The number of nitrogens with zero attached hydrogens (tertiary/aromatic N) is 2. The smallest absolute Gasteiger partial charge is 0.285 e. The molecule has 0 unspecified atom stereocenters. The van der Waals surface area contributed by atoms with E-state index in [2.05, 4.69) is 49.1 Å². The number of nitrogens with one attached hydrogen (secondary N) is 1. The van der Waals surface area contributed by atoms with E-state index in [0.29, 0.717) is 26.3 Å². The molecule has 0 spiro atoms. The number of hydrogen-bond acceptors (Lipinski definition) is 3. The zero-order chi connectivity index (χ0) is 20.2. The maximum Gasteiger partial charge on any atom is 0.285 e. The van der Waals surface area contributed by atoms with E-state index in [1.807, 2.05) is 23.1 Å². The molecular formula is C24H32N3O2+. The monoisotopic (exact) mass is 394 g/mol. The number of carbonyl (C=O) groups is 1. The van der Waals surface area contributed by atoms with Crippen LogP contribution < -0.4 is 9.80 Å². The van der Waals surface area contributed by atoms with Gasteiger partial charge < -0.3 is 19.4 Å². The average Bonchev–Trinajstić information content (AvgIpc) is 2.78. The summed E-state index contributed by atoms with van der Waals surface area (Å²) in [5.41, 5.74) is 5.15. The van der Waals surface area contributed by atoms with Gasteiger partial charge in [-0.2, -0.15) is 0 Å². The lowest BCUT2D eigenvalue weighted by Crippen LogP contribution is -3.16. The third kappa shape index (κ3) is 4.31. The van der Waals surface area contributed by atoms with E-state index in [0.717, 1.165) is 31.7 Å². The van der Waals surface area contributed by atoms with Crippen LogP contribution in [0, 0.1) is 13.8 Å². The van der Waals surface area contributed by atoms with Gasteiger partial charge in [0.25, 0.3) is 5.91 Å². The van der Waals surface area contributed by atoms with Gasteiger partial charge in [-0.15, -0.1) is 0 Å². The van der Waals surface area contributed by atoms with Crippen molar-refractivity contribution in [3.05, 3.63) is 65.2 Å². The first kappa shape index (κ1) is 19.9. The highest BCUT2D eigenvalue weighted by Gasteiger charge is 2.37. The zero-order valence-electron chi connectivity index (χ0n) is 17.6. The molecule has 0 aromatic heterocycles. The topological polar surface area (TPSA) is 37.2 Å². The summed E-state index contributed by atoms with van der Waals surface area (Å²) in [7, 11) is 0. The number of morpholine rings is 1. The van der Waals surface area contributed by atoms with Gasteiger partial charge >= 0.3 is 0 Å². The Kier molecular flexibility index (Phi) is 6.16. The molecule has 2 aliphatic heterocycles. The number of rotatable bonds is 4. The third-order valence-corrected chi connectivity index (χ3v) is 6.43. The summed E-state index contributed by atoms with van der Waals surface area (Å²) in [4.78, 5) is 19.3. The van der Waals surface area contributed by atoms with Crippen LogP contribution in [-0.4, -0.2) is 63.3 Å². The quantitative estimate of drug-likeness (QED) is 0.856. The first-order valence-corrected chi connectivity index (χ1v) is 10.7. The Morgan fingerprint density at radius 1 is 0.931 bits per heavy atom. The lowest BCUT2D eigenvalue weighted by atomic mass is 10.0. The van der Waals surface area contributed by atoms with E-state index < -0.39 is 0 Å². The van der Waals surface area contributed by atoms with Crippen LogP contribution in [0.25, 0.3) is 0 Å². The fourth-order valence-corrected chi connectivity index (χ4v) is 4.57. The summed E-state index contributed by atoms with van der Waals surface area (Å²) in [6, 6.07) is 16.7. The SMILES string of the molecule is Cc1cccc(N2CC[NH+]([C@@H](C(=O)N3CCOCC3)c3ccccc3)CC2)c1C. The van der Waals surface area contributed by atoms with Gasteiger partial charge in [0, 0.05) is 24.3 Å². The molecule has 0 bridgehead atoms. The summed E-state index contributed by atoms with van der Waals surface area (Å²) < 4.78 is 5.46. The minimum absolute atomic E-state index is 0.130. The standard InChI is InChI=1S/C24H31N3O2/c1-19-7-6-10-22(20(19)2)25-11-13-26(14-12-25)23(21-8-4-3-5-9-21)24(28)27-15-17-29-18-16-27/h3-10,23H,11-18H2,1-2H3/p+1/t23-/m1/s1. The molecule has 0 radical (unpaired) electrons. The summed E-state index contributed by atoms with van der Waals surface area (Å²) in [5, 5.41) is 0. The van der Waals surface area contributed by atoms with E-state index in [4.69, 9.17) is 4.74 Å². The molecule has 1 N–H and O–H groups in total. The summed E-state index contributed by atoms with van der Waals surface area (Å²) in [6.45, 7) is 10.9. The predicted molar refractivity (Wildman–Crippen MR) is 115 cm³/mol. The molecule has 4 rings (SSSR count). The van der Waals surface area contributed by atoms with Gasteiger partial charge in [-0.3, -0.25) is 4.79 Å². The van der Waals surface area contributed by atoms with Crippen molar-refractivity contribution in [1.82, 2.24) is 4.90 Å². The van der Waals surface area contributed by atoms with Gasteiger partial charge in [0.15, 0.2) is 6.04 Å². The van der Waals surface area contributed by atoms with Crippen molar-refractivity contribution in [3.63, 3.8) is 0 Å². The second-order valence-electron chi connectivity index (χ2n) is 8.15. The molecule has 5 heteroatoms. The molecule has 2 aliphatic rings. The normalized spacial score (nSPS) is 19.2. The van der Waals surface area contributed by atoms with E-state index in [-0.39, 0.29) is 11.9 Å². The first-order valence-electron chi connectivity index (χ1n) is 10.7. The molecule has 5 nitrogen and oxygen atoms in total. The number of amides is 1. The Morgan fingerprint density at radius 3 is 2.31 bits per heavy atom. The van der Waals surface area contributed by atoms with Gasteiger partial charge in [0.1, 0.15) is 0 Å². The molecule has 0 aliphatic carbocycles. The Bertz CT molecular complexity index is 825. The molecule has 2 saturated heterocycles. The molecule has 29 heavy (non-hydrogen) atoms. The number of quaternary nitrogens is 1. The highest BCUT2D eigenvalue weighted by atomic mass is 16.5. The van der Waals surface area contributed by atoms with Crippen molar-refractivity contribution in [2.45, 2.75) is 19.9 Å². The number of carbonyl (C=O) groups excluding carboxylic acids is 1. The van der Waals surface area contributed by atoms with Gasteiger partial charge in [-0.1, -0.05) is 42.5 Å². The van der Waals surface area contributed by atoms with Gasteiger partial charge in [0.2, 0.25) is 0 Å². The predicted octanol–water partition coefficient (Wildman–Crippen LogP) is 1.61. The maximum absolute atomic E-state index is 13.5. The minimum atomic E-state index is -0.130. The summed E-state index contributed by atoms with van der Waals surface area (Å²) >= 11 is 0. The first-order chi connectivity index (χ1) is 14.1. The van der Waals surface area contributed by atoms with Crippen LogP contribution in [0.1, 0.15) is 22.7 Å². The molecule has 2 aromatic carbocycles. The van der Waals surface area contributed by atoms with Crippen molar-refractivity contribution >= 4 is 11.6 Å². The molecule has 1 atom stereocenters. The molecule has 1 amide bonds. The number of hydrogen-bond donors (Lipinski definition) is 1. The van der Waals surface area contributed by atoms with Crippen LogP contribution in [0.2, 0.25) is 0 Å². The van der Waals surface area contributed by atoms with E-state index in [1.165, 1.54) is 21.7 Å². The highest BCUT2D eigenvalue weighted by Crippen LogP contribution is 2.23. The van der Waals surface area contributed by atoms with Crippen molar-refractivity contribution in [1.29, 1.82) is 0 Å². The van der Waals surface area contributed by atoms with Crippen LogP contribution in [0.5, 0.6) is 0 Å². The van der Waals surface area contributed by atoms with Crippen LogP contribution in [0.3, 0.4) is 0 Å². The van der Waals surface area contributed by atoms with Crippen molar-refractivity contribution < 1.29 is 14.4 Å². The molecule has 2 heterocycles. The molecule has 2 aromatic rings. The fraction of sp³-hybridized carbons (Fsp3) is 0.458. The van der Waals surface area contributed by atoms with Crippen molar-refractivity contribution in [2.24, 2.45) is 0 Å². The lowest BCUT2D eigenvalue weighted by molar-refractivity contribution is -0.923. The van der Waals surface area contributed by atoms with E-state index in [1.54, 1.807) is 0 Å². The molecule has 0 saturated carbocycles. The van der Waals surface area contributed by atoms with Crippen LogP contribution in [-0.2, 0) is 9.53 Å². The Morgan fingerprint density at radius 2 is 1.62 bits per heavy atom. The fourth-order valence-electron chi connectivity index (χ4n) is 4.57. The van der Waals surface area contributed by atoms with Gasteiger partial charge in [0.05, 0.1) is 39.4 Å². The summed E-state index contributed by atoms with van der Waals surface area (Å²) in [6.07, 6.45) is 0. The third-order valence-electron chi connectivity index (χ3n) is 6.43. The minimum Gasteiger partial charge on any atom is -0.378 e. The Hall–Kier alpha value is -2.37. The van der Waals surface area contributed by atoms with Crippen LogP contribution >= 0.6 is 0 Å². The number of anilines is 1. The van der Waals surface area contributed by atoms with E-state index in [9.17, 15) is 4.79 Å². The van der Waals surface area contributed by atoms with Gasteiger partial charge in [-0.05, 0) is 31.0 Å². The maximum atomic E-state index is 13.5. The highest BCUT2D eigenvalue weighted by molar-refractivity contribution is 5.82. The zero-order valence-corrected chi connectivity index (χ0v) is 17.6. The summed E-state index contributed by atoms with van der Waals surface area (Å²) in [5.74, 6) is 0.245. The number of benzene rings is 2. The Labute approximate surface area is 173 Å². The second-order valence-corrected chi connectivity index (χ2v) is 8.15. The second kappa shape index (κ2) is 8.97. The van der Waals surface area contributed by atoms with E-state index >= 15 is 0 Å².